The number of rotatable bonds is 7. The number of carbonyl (C=O) groups is 2. The molecule has 1 N–H and O–H groups in total. The highest BCUT2D eigenvalue weighted by molar-refractivity contribution is 6.34. The van der Waals surface area contributed by atoms with E-state index in [9.17, 15) is 9.59 Å². The zero-order valence-electron chi connectivity index (χ0n) is 12.5. The Hall–Kier alpha value is -1.75. The van der Waals surface area contributed by atoms with Gasteiger partial charge in [0.25, 0.3) is 0 Å². The first-order valence-corrected chi connectivity index (χ1v) is 6.75. The monoisotopic (exact) mass is 314 g/mol. The Morgan fingerprint density at radius 3 is 2.29 bits per heavy atom. The normalized spacial score (nSPS) is 11.1. The van der Waals surface area contributed by atoms with Crippen LogP contribution < -0.4 is 9.47 Å². The van der Waals surface area contributed by atoms with E-state index in [4.69, 9.17) is 26.2 Å². The molecule has 0 unspecified atom stereocenters. The van der Waals surface area contributed by atoms with Crippen LogP contribution in [0.15, 0.2) is 12.1 Å². The van der Waals surface area contributed by atoms with Crippen molar-refractivity contribution in [1.82, 2.24) is 0 Å². The van der Waals surface area contributed by atoms with Crippen LogP contribution in [0.4, 0.5) is 0 Å². The molecule has 0 aliphatic rings. The lowest BCUT2D eigenvalue weighted by molar-refractivity contribution is -0.139. The molecule has 0 aromatic heterocycles. The number of methoxy groups -OCH3 is 2. The molecule has 0 heterocycles. The van der Waals surface area contributed by atoms with Gasteiger partial charge in [-0.25, -0.2) is 0 Å². The van der Waals surface area contributed by atoms with Gasteiger partial charge >= 0.3 is 5.97 Å². The van der Waals surface area contributed by atoms with Gasteiger partial charge in [0, 0.05) is 6.42 Å². The molecule has 0 aliphatic heterocycles. The third-order valence-corrected chi connectivity index (χ3v) is 3.41. The van der Waals surface area contributed by atoms with Crippen molar-refractivity contribution in [2.45, 2.75) is 26.7 Å². The molecule has 21 heavy (non-hydrogen) atoms. The van der Waals surface area contributed by atoms with E-state index >= 15 is 0 Å². The van der Waals surface area contributed by atoms with E-state index in [2.05, 4.69) is 0 Å². The molecule has 0 saturated heterocycles. The van der Waals surface area contributed by atoms with E-state index in [1.807, 2.05) is 0 Å². The SMILES string of the molecule is COc1ccc(C(=O)CC(C)(C)CC(=O)O)c(OC)c1Cl. The first-order chi connectivity index (χ1) is 9.71. The third kappa shape index (κ3) is 4.36. The quantitative estimate of drug-likeness (QED) is 0.780. The van der Waals surface area contributed by atoms with Crippen molar-refractivity contribution < 1.29 is 24.2 Å². The summed E-state index contributed by atoms with van der Waals surface area (Å²) in [5.41, 5.74) is -0.331. The van der Waals surface area contributed by atoms with E-state index in [-0.39, 0.29) is 29.4 Å². The summed E-state index contributed by atoms with van der Waals surface area (Å²) in [5.74, 6) is -0.503. The highest BCUT2D eigenvalue weighted by Crippen LogP contribution is 2.38. The van der Waals surface area contributed by atoms with Crippen molar-refractivity contribution >= 4 is 23.4 Å². The molecule has 1 aromatic rings. The van der Waals surface area contributed by atoms with Gasteiger partial charge in [0.1, 0.15) is 10.8 Å². The number of benzene rings is 1. The molecule has 0 atom stereocenters. The molecule has 0 amide bonds. The van der Waals surface area contributed by atoms with Crippen molar-refractivity contribution in [3.63, 3.8) is 0 Å². The number of carboxylic acids is 1. The second-order valence-corrected chi connectivity index (χ2v) is 5.88. The van der Waals surface area contributed by atoms with E-state index in [0.717, 1.165) is 0 Å². The van der Waals surface area contributed by atoms with Crippen LogP contribution in [0, 0.1) is 5.41 Å². The molecule has 5 nitrogen and oxygen atoms in total. The highest BCUT2D eigenvalue weighted by atomic mass is 35.5. The number of carboxylic acid groups (broad SMARTS) is 1. The van der Waals surface area contributed by atoms with Crippen LogP contribution in [0.25, 0.3) is 0 Å². The second kappa shape index (κ2) is 6.80. The standard InChI is InChI=1S/C15H19ClO5/c1-15(2,8-12(18)19)7-10(17)9-5-6-11(20-3)13(16)14(9)21-4/h5-6H,7-8H2,1-4H3,(H,18,19). The number of aliphatic carboxylic acids is 1. The van der Waals surface area contributed by atoms with Crippen LogP contribution >= 0.6 is 11.6 Å². The van der Waals surface area contributed by atoms with E-state index in [1.54, 1.807) is 26.0 Å². The van der Waals surface area contributed by atoms with Crippen LogP contribution in [0.1, 0.15) is 37.0 Å². The largest absolute Gasteiger partial charge is 0.495 e. The molecule has 6 heteroatoms. The molecule has 0 bridgehead atoms. The molecule has 1 rings (SSSR count). The Kier molecular flexibility index (Phi) is 5.61. The lowest BCUT2D eigenvalue weighted by atomic mass is 9.82. The minimum Gasteiger partial charge on any atom is -0.495 e. The summed E-state index contributed by atoms with van der Waals surface area (Å²) >= 11 is 6.12. The van der Waals surface area contributed by atoms with Gasteiger partial charge in [-0.3, -0.25) is 9.59 Å². The minimum atomic E-state index is -0.937. The van der Waals surface area contributed by atoms with Gasteiger partial charge in [-0.1, -0.05) is 25.4 Å². The zero-order valence-corrected chi connectivity index (χ0v) is 13.3. The smallest absolute Gasteiger partial charge is 0.303 e. The number of Topliss-reactive ketones (excluding diaryl/α,β-unsaturated/α-hetero) is 1. The number of hydrogen-bond donors (Lipinski definition) is 1. The second-order valence-electron chi connectivity index (χ2n) is 5.50. The summed E-state index contributed by atoms with van der Waals surface area (Å²) in [7, 11) is 2.89. The Balaban J connectivity index is 3.08. The predicted molar refractivity (Wildman–Crippen MR) is 79.5 cm³/mol. The van der Waals surface area contributed by atoms with E-state index in [0.29, 0.717) is 11.3 Å². The van der Waals surface area contributed by atoms with Gasteiger partial charge in [-0.05, 0) is 17.5 Å². The molecule has 0 saturated carbocycles. The number of hydrogen-bond acceptors (Lipinski definition) is 4. The van der Waals surface area contributed by atoms with Crippen LogP contribution in [0.3, 0.4) is 0 Å². The van der Waals surface area contributed by atoms with E-state index < -0.39 is 11.4 Å². The van der Waals surface area contributed by atoms with Gasteiger partial charge in [-0.2, -0.15) is 0 Å². The zero-order chi connectivity index (χ0) is 16.2. The number of ketones is 1. The van der Waals surface area contributed by atoms with Crippen molar-refractivity contribution in [2.75, 3.05) is 14.2 Å². The van der Waals surface area contributed by atoms with Gasteiger partial charge in [-0.15, -0.1) is 0 Å². The molecule has 0 aliphatic carbocycles. The van der Waals surface area contributed by atoms with Crippen molar-refractivity contribution in [1.29, 1.82) is 0 Å². The van der Waals surface area contributed by atoms with Gasteiger partial charge in [0.05, 0.1) is 26.2 Å². The summed E-state index contributed by atoms with van der Waals surface area (Å²) in [4.78, 5) is 23.2. The summed E-state index contributed by atoms with van der Waals surface area (Å²) < 4.78 is 10.3. The maximum atomic E-state index is 12.4. The van der Waals surface area contributed by atoms with Crippen LogP contribution in [0.2, 0.25) is 5.02 Å². The fourth-order valence-electron chi connectivity index (χ4n) is 2.12. The minimum absolute atomic E-state index is 0.0817. The maximum absolute atomic E-state index is 12.4. The average molecular weight is 315 g/mol. The van der Waals surface area contributed by atoms with E-state index in [1.165, 1.54) is 14.2 Å². The summed E-state index contributed by atoms with van der Waals surface area (Å²) in [6.07, 6.45) is -0.0107. The molecule has 0 radical (unpaired) electrons. The van der Waals surface area contributed by atoms with Crippen LogP contribution in [0.5, 0.6) is 11.5 Å². The van der Waals surface area contributed by atoms with Crippen molar-refractivity contribution in [2.24, 2.45) is 5.41 Å². The average Bonchev–Trinajstić information content (AvgIpc) is 2.35. The molecule has 1 aromatic carbocycles. The van der Waals surface area contributed by atoms with Crippen LogP contribution in [-0.4, -0.2) is 31.1 Å². The molecule has 0 spiro atoms. The van der Waals surface area contributed by atoms with Gasteiger partial charge in [0.2, 0.25) is 0 Å². The predicted octanol–water partition coefficient (Wildman–Crippen LogP) is 3.43. The maximum Gasteiger partial charge on any atom is 0.303 e. The van der Waals surface area contributed by atoms with Gasteiger partial charge in [0.15, 0.2) is 11.5 Å². The number of carbonyl (C=O) groups excluding carboxylic acids is 1. The van der Waals surface area contributed by atoms with Crippen molar-refractivity contribution in [3.8, 4) is 11.5 Å². The first-order valence-electron chi connectivity index (χ1n) is 6.37. The lowest BCUT2D eigenvalue weighted by Crippen LogP contribution is -2.21. The first kappa shape index (κ1) is 17.3. The Morgan fingerprint density at radius 2 is 1.81 bits per heavy atom. The fourth-order valence-corrected chi connectivity index (χ4v) is 2.44. The number of ether oxygens (including phenoxy) is 2. The Labute approximate surface area is 128 Å². The molecule has 116 valence electrons. The molecule has 0 fully saturated rings. The van der Waals surface area contributed by atoms with Crippen molar-refractivity contribution in [3.05, 3.63) is 22.7 Å². The summed E-state index contributed by atoms with van der Waals surface area (Å²) in [6, 6.07) is 3.16. The molecular formula is C15H19ClO5. The van der Waals surface area contributed by atoms with Gasteiger partial charge < -0.3 is 14.6 Å². The molecular weight excluding hydrogens is 296 g/mol. The number of halogens is 1. The summed E-state index contributed by atoms with van der Waals surface area (Å²) in [5, 5.41) is 9.10. The fraction of sp³-hybridized carbons (Fsp3) is 0.467. The lowest BCUT2D eigenvalue weighted by Gasteiger charge is -2.22. The topological polar surface area (TPSA) is 72.8 Å². The third-order valence-electron chi connectivity index (χ3n) is 3.06. The highest BCUT2D eigenvalue weighted by Gasteiger charge is 2.28. The Morgan fingerprint density at radius 1 is 1.19 bits per heavy atom. The summed E-state index contributed by atoms with van der Waals surface area (Å²) in [6.45, 7) is 3.47. The Bertz CT molecular complexity index is 551. The van der Waals surface area contributed by atoms with Crippen LogP contribution in [-0.2, 0) is 4.79 Å².